The van der Waals surface area contributed by atoms with Crippen molar-refractivity contribution in [2.45, 2.75) is 6.04 Å². The molecule has 0 aliphatic carbocycles. The lowest BCUT2D eigenvalue weighted by Gasteiger charge is -2.38. The maximum Gasteiger partial charge on any atom is 0.146 e. The molecule has 5 heteroatoms. The molecule has 0 bridgehead atoms. The van der Waals surface area contributed by atoms with Gasteiger partial charge < -0.3 is 10.0 Å². The molecule has 1 aromatic carbocycles. The Bertz CT molecular complexity index is 860. The van der Waals surface area contributed by atoms with Crippen molar-refractivity contribution in [2.75, 3.05) is 33.2 Å². The first-order valence-corrected chi connectivity index (χ1v) is 8.64. The van der Waals surface area contributed by atoms with E-state index in [1.165, 1.54) is 0 Å². The number of piperazine rings is 1. The van der Waals surface area contributed by atoms with E-state index in [0.717, 1.165) is 42.8 Å². The number of phenolic OH excluding ortho intramolecular Hbond substituents is 1. The summed E-state index contributed by atoms with van der Waals surface area (Å²) >= 11 is 0. The van der Waals surface area contributed by atoms with E-state index in [4.69, 9.17) is 0 Å². The topological polar surface area (TPSA) is 52.5 Å². The van der Waals surface area contributed by atoms with Crippen molar-refractivity contribution in [3.05, 3.63) is 66.1 Å². The van der Waals surface area contributed by atoms with Gasteiger partial charge in [-0.25, -0.2) is 0 Å². The summed E-state index contributed by atoms with van der Waals surface area (Å²) in [5.74, 6) is 0.257. The molecule has 1 aliphatic rings. The van der Waals surface area contributed by atoms with Crippen molar-refractivity contribution < 1.29 is 5.11 Å². The molecule has 3 heterocycles. The van der Waals surface area contributed by atoms with Gasteiger partial charge in [-0.15, -0.1) is 0 Å². The standard InChI is InChI=1S/C20H22N4O/c1-23-11-13-24(14-12-23)19(17-6-2-3-9-21-17)16-8-7-15-5-4-10-22-18(15)20(16)25/h2-10,19,25H,11-14H2,1H3. The van der Waals surface area contributed by atoms with Gasteiger partial charge in [0, 0.05) is 49.5 Å². The third-order valence-corrected chi connectivity index (χ3v) is 4.94. The van der Waals surface area contributed by atoms with Gasteiger partial charge in [-0.3, -0.25) is 14.9 Å². The highest BCUT2D eigenvalue weighted by molar-refractivity contribution is 5.85. The van der Waals surface area contributed by atoms with Crippen LogP contribution in [-0.4, -0.2) is 58.1 Å². The average molecular weight is 334 g/mol. The molecule has 128 valence electrons. The molecule has 0 amide bonds. The summed E-state index contributed by atoms with van der Waals surface area (Å²) in [5, 5.41) is 11.9. The number of pyridine rings is 2. The zero-order chi connectivity index (χ0) is 17.2. The van der Waals surface area contributed by atoms with E-state index in [0.29, 0.717) is 5.52 Å². The predicted octanol–water partition coefficient (Wildman–Crippen LogP) is 2.67. The van der Waals surface area contributed by atoms with Crippen molar-refractivity contribution in [1.82, 2.24) is 19.8 Å². The highest BCUT2D eigenvalue weighted by Crippen LogP contribution is 2.37. The van der Waals surface area contributed by atoms with Crippen LogP contribution in [0.5, 0.6) is 5.75 Å². The molecule has 3 aromatic rings. The Morgan fingerprint density at radius 2 is 1.72 bits per heavy atom. The minimum atomic E-state index is -0.0682. The van der Waals surface area contributed by atoms with Gasteiger partial charge in [-0.05, 0) is 25.2 Å². The molecule has 5 nitrogen and oxygen atoms in total. The predicted molar refractivity (Wildman–Crippen MR) is 98.6 cm³/mol. The van der Waals surface area contributed by atoms with Crippen LogP contribution in [0.25, 0.3) is 10.9 Å². The molecule has 0 spiro atoms. The Hall–Kier alpha value is -2.50. The number of fused-ring (bicyclic) bond motifs is 1. The van der Waals surface area contributed by atoms with Gasteiger partial charge in [-0.1, -0.05) is 24.3 Å². The van der Waals surface area contributed by atoms with Gasteiger partial charge in [0.15, 0.2) is 0 Å². The Morgan fingerprint density at radius 1 is 0.920 bits per heavy atom. The highest BCUT2D eigenvalue weighted by atomic mass is 16.3. The van der Waals surface area contributed by atoms with Crippen LogP contribution in [0.2, 0.25) is 0 Å². The molecule has 1 aliphatic heterocycles. The van der Waals surface area contributed by atoms with Crippen LogP contribution < -0.4 is 0 Å². The lowest BCUT2D eigenvalue weighted by atomic mass is 9.97. The lowest BCUT2D eigenvalue weighted by molar-refractivity contribution is 0.124. The number of rotatable bonds is 3. The molecule has 2 aromatic heterocycles. The van der Waals surface area contributed by atoms with Crippen molar-refractivity contribution in [1.29, 1.82) is 0 Å². The van der Waals surface area contributed by atoms with Crippen molar-refractivity contribution in [2.24, 2.45) is 0 Å². The average Bonchev–Trinajstić information content (AvgIpc) is 2.66. The smallest absolute Gasteiger partial charge is 0.146 e. The number of aromatic hydroxyl groups is 1. The first kappa shape index (κ1) is 16.0. The summed E-state index contributed by atoms with van der Waals surface area (Å²) in [5.41, 5.74) is 2.47. The van der Waals surface area contributed by atoms with Gasteiger partial charge >= 0.3 is 0 Å². The van der Waals surface area contributed by atoms with Crippen molar-refractivity contribution in [3.63, 3.8) is 0 Å². The normalized spacial score (nSPS) is 17.6. The fourth-order valence-corrected chi connectivity index (χ4v) is 3.53. The number of benzene rings is 1. The summed E-state index contributed by atoms with van der Waals surface area (Å²) < 4.78 is 0. The number of hydrogen-bond acceptors (Lipinski definition) is 5. The van der Waals surface area contributed by atoms with Crippen LogP contribution in [0.1, 0.15) is 17.3 Å². The Balaban J connectivity index is 1.82. The van der Waals surface area contributed by atoms with Crippen LogP contribution in [-0.2, 0) is 0 Å². The number of likely N-dealkylation sites (N-methyl/N-ethyl adjacent to an activating group) is 1. The number of hydrogen-bond donors (Lipinski definition) is 1. The van der Waals surface area contributed by atoms with Gasteiger partial charge in [-0.2, -0.15) is 0 Å². The lowest BCUT2D eigenvalue weighted by Crippen LogP contribution is -2.46. The van der Waals surface area contributed by atoms with Crippen molar-refractivity contribution >= 4 is 10.9 Å². The van der Waals surface area contributed by atoms with E-state index in [1.54, 1.807) is 6.20 Å². The number of phenols is 1. The molecule has 1 saturated heterocycles. The first-order chi connectivity index (χ1) is 12.2. The fraction of sp³-hybridized carbons (Fsp3) is 0.300. The van der Waals surface area contributed by atoms with Crippen molar-refractivity contribution in [3.8, 4) is 5.75 Å². The monoisotopic (exact) mass is 334 g/mol. The van der Waals surface area contributed by atoms with E-state index < -0.39 is 0 Å². The zero-order valence-corrected chi connectivity index (χ0v) is 14.3. The third kappa shape index (κ3) is 3.08. The van der Waals surface area contributed by atoms with Crippen LogP contribution in [0.15, 0.2) is 54.9 Å². The Morgan fingerprint density at radius 3 is 2.48 bits per heavy atom. The van der Waals surface area contributed by atoms with Crippen LogP contribution in [0.3, 0.4) is 0 Å². The summed E-state index contributed by atoms with van der Waals surface area (Å²) in [7, 11) is 2.14. The molecular weight excluding hydrogens is 312 g/mol. The second-order valence-corrected chi connectivity index (χ2v) is 6.57. The van der Waals surface area contributed by atoms with E-state index in [2.05, 4.69) is 26.8 Å². The molecular formula is C20H22N4O. The molecule has 4 rings (SSSR count). The molecule has 1 fully saturated rings. The second-order valence-electron chi connectivity index (χ2n) is 6.57. The Kier molecular flexibility index (Phi) is 4.34. The Labute approximate surface area is 147 Å². The minimum Gasteiger partial charge on any atom is -0.505 e. The minimum absolute atomic E-state index is 0.0682. The third-order valence-electron chi connectivity index (χ3n) is 4.94. The quantitative estimate of drug-likeness (QED) is 0.798. The number of aromatic nitrogens is 2. The molecule has 0 saturated carbocycles. The molecule has 25 heavy (non-hydrogen) atoms. The summed E-state index contributed by atoms with van der Waals surface area (Å²) in [4.78, 5) is 13.7. The SMILES string of the molecule is CN1CCN(C(c2ccccn2)c2ccc3cccnc3c2O)CC1. The molecule has 0 radical (unpaired) electrons. The molecule has 1 atom stereocenters. The maximum atomic E-state index is 10.9. The first-order valence-electron chi connectivity index (χ1n) is 8.64. The van der Waals surface area contributed by atoms with E-state index in [-0.39, 0.29) is 11.8 Å². The zero-order valence-electron chi connectivity index (χ0n) is 14.3. The van der Waals surface area contributed by atoms with E-state index >= 15 is 0 Å². The van der Waals surface area contributed by atoms with Gasteiger partial charge in [0.1, 0.15) is 11.3 Å². The maximum absolute atomic E-state index is 10.9. The van der Waals surface area contributed by atoms with Gasteiger partial charge in [0.2, 0.25) is 0 Å². The van der Waals surface area contributed by atoms with Crippen LogP contribution >= 0.6 is 0 Å². The molecule has 1 N–H and O–H groups in total. The fourth-order valence-electron chi connectivity index (χ4n) is 3.53. The highest BCUT2D eigenvalue weighted by Gasteiger charge is 2.29. The summed E-state index contributed by atoms with van der Waals surface area (Å²) in [6.07, 6.45) is 3.53. The van der Waals surface area contributed by atoms with Gasteiger partial charge in [0.05, 0.1) is 11.7 Å². The van der Waals surface area contributed by atoms with Crippen LogP contribution in [0.4, 0.5) is 0 Å². The van der Waals surface area contributed by atoms with Gasteiger partial charge in [0.25, 0.3) is 0 Å². The van der Waals surface area contributed by atoms with Crippen LogP contribution in [0, 0.1) is 0 Å². The summed E-state index contributed by atoms with van der Waals surface area (Å²) in [6.45, 7) is 3.90. The second kappa shape index (κ2) is 6.78. The number of nitrogens with zero attached hydrogens (tertiary/aromatic N) is 4. The largest absolute Gasteiger partial charge is 0.505 e. The van der Waals surface area contributed by atoms with E-state index in [9.17, 15) is 5.11 Å². The summed E-state index contributed by atoms with van der Waals surface area (Å²) in [6, 6.07) is 13.8. The van der Waals surface area contributed by atoms with E-state index in [1.807, 2.05) is 48.7 Å². The molecule has 1 unspecified atom stereocenters.